The van der Waals surface area contributed by atoms with E-state index in [0.717, 1.165) is 6.42 Å². The second-order valence-electron chi connectivity index (χ2n) is 8.42. The molecule has 0 aromatic heterocycles. The molecule has 1 fully saturated rings. The molecule has 2 aromatic rings. The number of carbonyl (C=O) groups excluding carboxylic acids is 1. The molecule has 0 bridgehead atoms. The molecule has 0 N–H and O–H groups in total. The highest BCUT2D eigenvalue weighted by Crippen LogP contribution is 2.34. The van der Waals surface area contributed by atoms with Gasteiger partial charge in [0.2, 0.25) is 15.9 Å². The van der Waals surface area contributed by atoms with Crippen molar-refractivity contribution in [3.8, 4) is 11.5 Å². The van der Waals surface area contributed by atoms with Crippen molar-refractivity contribution < 1.29 is 27.6 Å². The molecular formula is C23H27N3O7S. The fraction of sp³-hybridized carbons (Fsp3) is 0.435. The lowest BCUT2D eigenvalue weighted by Crippen LogP contribution is -2.43. The Morgan fingerprint density at radius 1 is 1.12 bits per heavy atom. The zero-order valence-electron chi connectivity index (χ0n) is 18.9. The quantitative estimate of drug-likeness (QED) is 0.452. The van der Waals surface area contributed by atoms with E-state index in [2.05, 4.69) is 0 Å². The molecule has 2 aliphatic rings. The van der Waals surface area contributed by atoms with Gasteiger partial charge in [0.25, 0.3) is 5.69 Å². The van der Waals surface area contributed by atoms with Crippen LogP contribution in [0.25, 0.3) is 0 Å². The number of nitro benzene ring substituents is 1. The van der Waals surface area contributed by atoms with Crippen LogP contribution in [0.5, 0.6) is 11.5 Å². The summed E-state index contributed by atoms with van der Waals surface area (Å²) in [6.45, 7) is 1.53. The predicted molar refractivity (Wildman–Crippen MR) is 123 cm³/mol. The zero-order valence-corrected chi connectivity index (χ0v) is 19.7. The lowest BCUT2D eigenvalue weighted by molar-refractivity contribution is -0.385. The Labute approximate surface area is 198 Å². The molecule has 182 valence electrons. The third-order valence-electron chi connectivity index (χ3n) is 6.13. The number of carbonyl (C=O) groups is 1. The zero-order chi connectivity index (χ0) is 24.3. The van der Waals surface area contributed by atoms with E-state index in [9.17, 15) is 23.3 Å². The van der Waals surface area contributed by atoms with Crippen molar-refractivity contribution >= 4 is 21.6 Å². The van der Waals surface area contributed by atoms with Crippen LogP contribution in [-0.2, 0) is 21.4 Å². The summed E-state index contributed by atoms with van der Waals surface area (Å²) < 4.78 is 38.9. The van der Waals surface area contributed by atoms with Crippen LogP contribution in [0.4, 0.5) is 5.69 Å². The van der Waals surface area contributed by atoms with Crippen LogP contribution >= 0.6 is 0 Å². The molecule has 10 nitrogen and oxygen atoms in total. The Kier molecular flexibility index (Phi) is 7.03. The average Bonchev–Trinajstić information content (AvgIpc) is 3.09. The first-order valence-corrected chi connectivity index (χ1v) is 12.6. The predicted octanol–water partition coefficient (Wildman–Crippen LogP) is 2.82. The summed E-state index contributed by atoms with van der Waals surface area (Å²) in [5.41, 5.74) is 0.427. The minimum Gasteiger partial charge on any atom is -0.490 e. The van der Waals surface area contributed by atoms with Gasteiger partial charge in [0, 0.05) is 50.2 Å². The Balaban J connectivity index is 1.39. The Morgan fingerprint density at radius 2 is 1.79 bits per heavy atom. The van der Waals surface area contributed by atoms with E-state index in [1.165, 1.54) is 27.4 Å². The molecule has 0 spiro atoms. The van der Waals surface area contributed by atoms with Gasteiger partial charge in [0.05, 0.1) is 29.6 Å². The van der Waals surface area contributed by atoms with Crippen LogP contribution in [0.15, 0.2) is 47.4 Å². The SMILES string of the molecule is CN(Cc1ccccc1[N+](=O)[O-])C(=O)C1CCN(S(=O)(=O)c2ccc3c(c2)OCCCO3)CC1. The third kappa shape index (κ3) is 5.00. The van der Waals surface area contributed by atoms with Gasteiger partial charge in [-0.1, -0.05) is 18.2 Å². The summed E-state index contributed by atoms with van der Waals surface area (Å²) in [6, 6.07) is 10.9. The van der Waals surface area contributed by atoms with E-state index in [1.54, 1.807) is 31.3 Å². The number of rotatable bonds is 6. The first-order chi connectivity index (χ1) is 16.3. The molecule has 0 atom stereocenters. The minimum absolute atomic E-state index is 0.0294. The molecule has 2 aliphatic heterocycles. The fourth-order valence-electron chi connectivity index (χ4n) is 4.26. The first kappa shape index (κ1) is 24.0. The topological polar surface area (TPSA) is 119 Å². The number of para-hydroxylation sites is 1. The number of piperidine rings is 1. The minimum atomic E-state index is -3.74. The molecule has 0 saturated carbocycles. The largest absolute Gasteiger partial charge is 0.490 e. The summed E-state index contributed by atoms with van der Waals surface area (Å²) in [7, 11) is -2.13. The van der Waals surface area contributed by atoms with E-state index >= 15 is 0 Å². The number of nitrogens with zero attached hydrogens (tertiary/aromatic N) is 3. The molecular weight excluding hydrogens is 462 g/mol. The van der Waals surface area contributed by atoms with E-state index in [1.807, 2.05) is 0 Å². The van der Waals surface area contributed by atoms with E-state index in [0.29, 0.717) is 43.1 Å². The first-order valence-electron chi connectivity index (χ1n) is 11.1. The van der Waals surface area contributed by atoms with Crippen molar-refractivity contribution in [2.24, 2.45) is 5.92 Å². The van der Waals surface area contributed by atoms with Gasteiger partial charge in [-0.15, -0.1) is 0 Å². The Bertz CT molecular complexity index is 1180. The van der Waals surface area contributed by atoms with Gasteiger partial charge < -0.3 is 14.4 Å². The summed E-state index contributed by atoms with van der Waals surface area (Å²) in [4.78, 5) is 25.3. The normalized spacial score (nSPS) is 17.1. The van der Waals surface area contributed by atoms with Crippen LogP contribution in [0.1, 0.15) is 24.8 Å². The van der Waals surface area contributed by atoms with Crippen molar-refractivity contribution in [2.45, 2.75) is 30.7 Å². The molecule has 0 aliphatic carbocycles. The third-order valence-corrected chi connectivity index (χ3v) is 8.03. The number of benzene rings is 2. The second kappa shape index (κ2) is 9.98. The molecule has 0 unspecified atom stereocenters. The second-order valence-corrected chi connectivity index (χ2v) is 10.4. The van der Waals surface area contributed by atoms with Gasteiger partial charge in [0.1, 0.15) is 0 Å². The van der Waals surface area contributed by atoms with Gasteiger partial charge in [-0.2, -0.15) is 4.31 Å². The van der Waals surface area contributed by atoms with Gasteiger partial charge >= 0.3 is 0 Å². The van der Waals surface area contributed by atoms with Gasteiger partial charge in [-0.25, -0.2) is 8.42 Å². The number of sulfonamides is 1. The van der Waals surface area contributed by atoms with Crippen LogP contribution in [0.3, 0.4) is 0 Å². The van der Waals surface area contributed by atoms with Gasteiger partial charge in [0.15, 0.2) is 11.5 Å². The maximum absolute atomic E-state index is 13.2. The number of hydrogen-bond acceptors (Lipinski definition) is 7. The summed E-state index contributed by atoms with van der Waals surface area (Å²) >= 11 is 0. The van der Waals surface area contributed by atoms with Crippen molar-refractivity contribution in [2.75, 3.05) is 33.4 Å². The Hall–Kier alpha value is -3.18. The van der Waals surface area contributed by atoms with E-state index in [-0.39, 0.29) is 42.0 Å². The van der Waals surface area contributed by atoms with Crippen molar-refractivity contribution in [3.05, 3.63) is 58.1 Å². The van der Waals surface area contributed by atoms with E-state index < -0.39 is 14.9 Å². The molecule has 2 heterocycles. The van der Waals surface area contributed by atoms with E-state index in [4.69, 9.17) is 9.47 Å². The molecule has 0 radical (unpaired) electrons. The highest BCUT2D eigenvalue weighted by molar-refractivity contribution is 7.89. The lowest BCUT2D eigenvalue weighted by Gasteiger charge is -2.32. The highest BCUT2D eigenvalue weighted by Gasteiger charge is 2.34. The highest BCUT2D eigenvalue weighted by atomic mass is 32.2. The number of hydrogen-bond donors (Lipinski definition) is 0. The summed E-state index contributed by atoms with van der Waals surface area (Å²) in [5.74, 6) is 0.455. The number of amides is 1. The molecule has 2 aromatic carbocycles. The van der Waals surface area contributed by atoms with Crippen molar-refractivity contribution in [1.82, 2.24) is 9.21 Å². The number of ether oxygens (including phenoxy) is 2. The summed E-state index contributed by atoms with van der Waals surface area (Å²) in [5, 5.41) is 11.2. The molecule has 4 rings (SSSR count). The summed E-state index contributed by atoms with van der Waals surface area (Å²) in [6.07, 6.45) is 1.48. The number of nitro groups is 1. The standard InChI is InChI=1S/C23H27N3O7S/c1-24(16-18-5-2-3-6-20(18)26(28)29)23(27)17-9-11-25(12-10-17)34(30,31)19-7-8-21-22(15-19)33-14-4-13-32-21/h2-3,5-8,15,17H,4,9-14,16H2,1H3. The molecule has 1 saturated heterocycles. The van der Waals surface area contributed by atoms with Crippen LogP contribution in [-0.4, -0.2) is 61.8 Å². The lowest BCUT2D eigenvalue weighted by atomic mass is 9.96. The fourth-order valence-corrected chi connectivity index (χ4v) is 5.75. The average molecular weight is 490 g/mol. The number of fused-ring (bicyclic) bond motifs is 1. The smallest absolute Gasteiger partial charge is 0.274 e. The van der Waals surface area contributed by atoms with Gasteiger partial charge in [-0.3, -0.25) is 14.9 Å². The van der Waals surface area contributed by atoms with Crippen molar-refractivity contribution in [1.29, 1.82) is 0 Å². The van der Waals surface area contributed by atoms with Crippen LogP contribution < -0.4 is 9.47 Å². The maximum Gasteiger partial charge on any atom is 0.274 e. The Morgan fingerprint density at radius 3 is 2.50 bits per heavy atom. The van der Waals surface area contributed by atoms with Gasteiger partial charge in [-0.05, 0) is 25.0 Å². The van der Waals surface area contributed by atoms with Crippen LogP contribution in [0.2, 0.25) is 0 Å². The van der Waals surface area contributed by atoms with Crippen molar-refractivity contribution in [3.63, 3.8) is 0 Å². The molecule has 11 heteroatoms. The monoisotopic (exact) mass is 489 g/mol. The molecule has 34 heavy (non-hydrogen) atoms. The van der Waals surface area contributed by atoms with Crippen LogP contribution in [0, 0.1) is 16.0 Å². The molecule has 1 amide bonds. The maximum atomic E-state index is 13.2.